The molecule has 3 aromatic carbocycles. The standard InChI is InChI=1S/C35H45ClN4O7S/c1-24-21-40(25(2)23-41)34(42)31-20-29(38-35(43)37-28-11-6-5-7-12-28)15-18-32(31)47-26(3)10-8-9-19-46-33(24)22-39(4)48(44,45)30-16-13-27(36)14-17-30/h5-7,11-18,20,24-26,33,41H,8-10,19,21-23H2,1-4H3,(H2,37,38,43)/t24-,25+,26+,33+/m1/s1. The lowest BCUT2D eigenvalue weighted by Gasteiger charge is -2.35. The number of amides is 3. The van der Waals surface area contributed by atoms with Crippen molar-refractivity contribution in [3.63, 3.8) is 0 Å². The number of nitrogens with zero attached hydrogens (tertiary/aromatic N) is 2. The number of rotatable bonds is 8. The fourth-order valence-corrected chi connectivity index (χ4v) is 6.72. The Kier molecular flexibility index (Phi) is 13.2. The van der Waals surface area contributed by atoms with E-state index in [0.717, 1.165) is 12.8 Å². The molecule has 1 aliphatic rings. The molecule has 4 atom stereocenters. The number of aliphatic hydroxyl groups excluding tert-OH is 1. The molecule has 4 rings (SSSR count). The zero-order valence-electron chi connectivity index (χ0n) is 27.8. The van der Waals surface area contributed by atoms with Gasteiger partial charge in [0, 0.05) is 49.1 Å². The number of nitrogens with one attached hydrogen (secondary N) is 2. The molecular weight excluding hydrogens is 656 g/mol. The maximum Gasteiger partial charge on any atom is 0.323 e. The molecule has 0 saturated heterocycles. The lowest BCUT2D eigenvalue weighted by atomic mass is 10.0. The maximum atomic E-state index is 14.3. The Hall–Kier alpha value is -3.68. The molecule has 0 saturated carbocycles. The summed E-state index contributed by atoms with van der Waals surface area (Å²) in [5.41, 5.74) is 1.22. The second kappa shape index (κ2) is 17.1. The van der Waals surface area contributed by atoms with Gasteiger partial charge in [-0.25, -0.2) is 13.2 Å². The summed E-state index contributed by atoms with van der Waals surface area (Å²) in [4.78, 5) is 28.8. The van der Waals surface area contributed by atoms with Crippen LogP contribution in [0.2, 0.25) is 5.02 Å². The first-order chi connectivity index (χ1) is 22.9. The topological polar surface area (TPSA) is 138 Å². The molecule has 13 heteroatoms. The first-order valence-corrected chi connectivity index (χ1v) is 17.9. The van der Waals surface area contributed by atoms with E-state index in [1.54, 1.807) is 42.2 Å². The van der Waals surface area contributed by atoms with E-state index in [9.17, 15) is 23.1 Å². The lowest BCUT2D eigenvalue weighted by molar-refractivity contribution is -0.00833. The van der Waals surface area contributed by atoms with Gasteiger partial charge in [0.1, 0.15) is 5.75 Å². The largest absolute Gasteiger partial charge is 0.490 e. The zero-order chi connectivity index (χ0) is 34.8. The van der Waals surface area contributed by atoms with E-state index in [-0.39, 0.29) is 42.2 Å². The summed E-state index contributed by atoms with van der Waals surface area (Å²) in [5, 5.41) is 16.2. The molecule has 0 radical (unpaired) electrons. The van der Waals surface area contributed by atoms with Gasteiger partial charge >= 0.3 is 6.03 Å². The zero-order valence-corrected chi connectivity index (χ0v) is 29.3. The Morgan fingerprint density at radius 1 is 1.04 bits per heavy atom. The number of sulfonamides is 1. The minimum atomic E-state index is -3.85. The second-order valence-corrected chi connectivity index (χ2v) is 14.7. The second-order valence-electron chi connectivity index (χ2n) is 12.2. The SMILES string of the molecule is C[C@@H]1CN([C@@H](C)CO)C(=O)c2cc(NC(=O)Nc3ccccc3)ccc2O[C@@H](C)CCCCO[C@H]1CN(C)S(=O)(=O)c1ccc(Cl)cc1. The molecule has 0 fully saturated rings. The molecule has 48 heavy (non-hydrogen) atoms. The Morgan fingerprint density at radius 3 is 2.42 bits per heavy atom. The van der Waals surface area contributed by atoms with Crippen LogP contribution in [-0.4, -0.2) is 86.3 Å². The van der Waals surface area contributed by atoms with Crippen LogP contribution in [0.3, 0.4) is 0 Å². The van der Waals surface area contributed by atoms with Gasteiger partial charge in [-0.15, -0.1) is 0 Å². The maximum absolute atomic E-state index is 14.3. The quantitative estimate of drug-likeness (QED) is 0.258. The molecule has 1 aliphatic heterocycles. The van der Waals surface area contributed by atoms with E-state index in [4.69, 9.17) is 21.1 Å². The van der Waals surface area contributed by atoms with Gasteiger partial charge in [0.15, 0.2) is 0 Å². The van der Waals surface area contributed by atoms with Gasteiger partial charge in [-0.1, -0.05) is 36.7 Å². The Labute approximate surface area is 288 Å². The van der Waals surface area contributed by atoms with Crippen LogP contribution < -0.4 is 15.4 Å². The predicted octanol–water partition coefficient (Wildman–Crippen LogP) is 6.10. The molecule has 0 aliphatic carbocycles. The Morgan fingerprint density at radius 2 is 1.73 bits per heavy atom. The number of halogens is 1. The van der Waals surface area contributed by atoms with Gasteiger partial charge in [0.2, 0.25) is 10.0 Å². The molecule has 0 aromatic heterocycles. The van der Waals surface area contributed by atoms with E-state index in [1.165, 1.54) is 35.6 Å². The van der Waals surface area contributed by atoms with Crippen molar-refractivity contribution in [1.82, 2.24) is 9.21 Å². The van der Waals surface area contributed by atoms with Crippen LogP contribution in [0.4, 0.5) is 16.2 Å². The van der Waals surface area contributed by atoms with E-state index < -0.39 is 34.1 Å². The number of urea groups is 1. The lowest BCUT2D eigenvalue weighted by Crippen LogP contribution is -2.48. The highest BCUT2D eigenvalue weighted by molar-refractivity contribution is 7.89. The summed E-state index contributed by atoms with van der Waals surface area (Å²) in [6, 6.07) is 18.8. The molecule has 3 amide bonds. The number of hydrogen-bond donors (Lipinski definition) is 3. The summed E-state index contributed by atoms with van der Waals surface area (Å²) in [6.45, 7) is 5.85. The smallest absolute Gasteiger partial charge is 0.323 e. The summed E-state index contributed by atoms with van der Waals surface area (Å²) in [5.74, 6) is -0.381. The average molecular weight is 701 g/mol. The monoisotopic (exact) mass is 700 g/mol. The van der Waals surface area contributed by atoms with Gasteiger partial charge in [-0.2, -0.15) is 4.31 Å². The first-order valence-electron chi connectivity index (χ1n) is 16.1. The van der Waals surface area contributed by atoms with Crippen molar-refractivity contribution in [3.05, 3.63) is 83.4 Å². The Bertz CT molecular complexity index is 1630. The third-order valence-electron chi connectivity index (χ3n) is 8.30. The van der Waals surface area contributed by atoms with Crippen molar-refractivity contribution in [2.24, 2.45) is 5.92 Å². The number of likely N-dealkylation sites (N-methyl/N-ethyl adjacent to an activating group) is 1. The van der Waals surface area contributed by atoms with E-state index in [2.05, 4.69) is 10.6 Å². The van der Waals surface area contributed by atoms with E-state index in [0.29, 0.717) is 35.2 Å². The number of carbonyl (C=O) groups is 2. The van der Waals surface area contributed by atoms with Crippen molar-refractivity contribution < 1.29 is 32.6 Å². The number of benzene rings is 3. The van der Waals surface area contributed by atoms with Crippen LogP contribution >= 0.6 is 11.6 Å². The Balaban J connectivity index is 1.62. The minimum absolute atomic E-state index is 0.0440. The first kappa shape index (κ1) is 37.1. The molecule has 3 N–H and O–H groups in total. The van der Waals surface area contributed by atoms with Crippen LogP contribution in [0, 0.1) is 5.92 Å². The summed E-state index contributed by atoms with van der Waals surface area (Å²) >= 11 is 5.98. The number of para-hydroxylation sites is 1. The number of hydrogen-bond acceptors (Lipinski definition) is 7. The third-order valence-corrected chi connectivity index (χ3v) is 10.4. The number of carbonyl (C=O) groups excluding carboxylic acids is 2. The van der Waals surface area contributed by atoms with Gasteiger partial charge < -0.3 is 30.1 Å². The highest BCUT2D eigenvalue weighted by Gasteiger charge is 2.32. The third kappa shape index (κ3) is 9.93. The highest BCUT2D eigenvalue weighted by atomic mass is 35.5. The van der Waals surface area contributed by atoms with Crippen LogP contribution in [0.1, 0.15) is 50.4 Å². The fourth-order valence-electron chi connectivity index (χ4n) is 5.42. The van der Waals surface area contributed by atoms with Crippen LogP contribution in [0.25, 0.3) is 0 Å². The molecule has 260 valence electrons. The normalized spacial score (nSPS) is 20.3. The number of anilines is 2. The summed E-state index contributed by atoms with van der Waals surface area (Å²) < 4.78 is 40.7. The molecule has 3 aromatic rings. The average Bonchev–Trinajstić information content (AvgIpc) is 3.06. The van der Waals surface area contributed by atoms with Crippen molar-refractivity contribution in [2.45, 2.75) is 63.2 Å². The molecular formula is C35H45ClN4O7S. The molecule has 1 heterocycles. The van der Waals surface area contributed by atoms with E-state index >= 15 is 0 Å². The van der Waals surface area contributed by atoms with E-state index in [1.807, 2.05) is 32.0 Å². The van der Waals surface area contributed by atoms with Gasteiger partial charge in [-0.05, 0) is 87.7 Å². The molecule has 11 nitrogen and oxygen atoms in total. The van der Waals surface area contributed by atoms with Crippen molar-refractivity contribution in [1.29, 1.82) is 0 Å². The number of fused-ring (bicyclic) bond motifs is 1. The predicted molar refractivity (Wildman–Crippen MR) is 187 cm³/mol. The fraction of sp³-hybridized carbons (Fsp3) is 0.429. The molecule has 0 bridgehead atoms. The molecule has 0 unspecified atom stereocenters. The highest BCUT2D eigenvalue weighted by Crippen LogP contribution is 2.29. The van der Waals surface area contributed by atoms with Crippen LogP contribution in [0.15, 0.2) is 77.7 Å². The van der Waals surface area contributed by atoms with Crippen molar-refractivity contribution in [3.8, 4) is 5.75 Å². The number of aliphatic hydroxyl groups is 1. The minimum Gasteiger partial charge on any atom is -0.490 e. The number of ether oxygens (including phenoxy) is 2. The van der Waals surface area contributed by atoms with Crippen LogP contribution in [0.5, 0.6) is 5.75 Å². The van der Waals surface area contributed by atoms with Crippen molar-refractivity contribution in [2.75, 3.05) is 44.0 Å². The summed E-state index contributed by atoms with van der Waals surface area (Å²) in [6.07, 6.45) is 1.42. The van der Waals surface area contributed by atoms with Gasteiger partial charge in [0.25, 0.3) is 5.91 Å². The van der Waals surface area contributed by atoms with Gasteiger partial charge in [0.05, 0.1) is 35.3 Å². The van der Waals surface area contributed by atoms with Crippen molar-refractivity contribution >= 4 is 44.9 Å². The molecule has 0 spiro atoms. The van der Waals surface area contributed by atoms with Gasteiger partial charge in [-0.3, -0.25) is 4.79 Å². The van der Waals surface area contributed by atoms with Crippen LogP contribution in [-0.2, 0) is 14.8 Å². The summed E-state index contributed by atoms with van der Waals surface area (Å²) in [7, 11) is -2.35.